The molecule has 7 heteroatoms. The molecular weight excluding hydrogens is 400 g/mol. The largest absolute Gasteiger partial charge is 0.337 e. The van der Waals surface area contributed by atoms with Gasteiger partial charge in [0, 0.05) is 31.2 Å². The second-order valence-corrected chi connectivity index (χ2v) is 9.17. The zero-order valence-electron chi connectivity index (χ0n) is 16.2. The number of hydrogen-bond donors (Lipinski definition) is 0. The molecule has 0 aliphatic carbocycles. The average molecular weight is 423 g/mol. The molecule has 0 radical (unpaired) electrons. The summed E-state index contributed by atoms with van der Waals surface area (Å²) in [5, 5.41) is 5.17. The Morgan fingerprint density at radius 1 is 1.07 bits per heavy atom. The van der Waals surface area contributed by atoms with Gasteiger partial charge < -0.3 is 14.2 Å². The van der Waals surface area contributed by atoms with Crippen LogP contribution in [0.2, 0.25) is 0 Å². The van der Waals surface area contributed by atoms with Crippen molar-refractivity contribution < 1.29 is 4.79 Å². The smallest absolute Gasteiger partial charge is 0.256 e. The zero-order chi connectivity index (χ0) is 19.8. The summed E-state index contributed by atoms with van der Waals surface area (Å²) in [4.78, 5) is 23.7. The van der Waals surface area contributed by atoms with Gasteiger partial charge in [-0.2, -0.15) is 0 Å². The third-order valence-corrected chi connectivity index (χ3v) is 7.29. The van der Waals surface area contributed by atoms with Gasteiger partial charge in [-0.05, 0) is 49.7 Å². The van der Waals surface area contributed by atoms with Crippen LogP contribution in [0.3, 0.4) is 0 Å². The summed E-state index contributed by atoms with van der Waals surface area (Å²) in [5.41, 5.74) is 3.58. The van der Waals surface area contributed by atoms with Crippen LogP contribution in [0, 0.1) is 0 Å². The Morgan fingerprint density at radius 2 is 2.00 bits per heavy atom. The highest BCUT2D eigenvalue weighted by atomic mass is 32.1. The lowest BCUT2D eigenvalue weighted by atomic mass is 10.2. The topological polar surface area (TPSA) is 40.8 Å². The first-order valence-electron chi connectivity index (χ1n) is 9.78. The van der Waals surface area contributed by atoms with E-state index in [1.165, 1.54) is 4.88 Å². The molecule has 29 heavy (non-hydrogen) atoms. The molecule has 5 rings (SSSR count). The number of nitrogens with zero attached hydrogens (tertiary/aromatic N) is 4. The lowest BCUT2D eigenvalue weighted by molar-refractivity contribution is 0.0765. The molecule has 1 aliphatic rings. The van der Waals surface area contributed by atoms with Gasteiger partial charge in [-0.25, -0.2) is 4.98 Å². The number of hydrogen-bond acceptors (Lipinski definition) is 5. The van der Waals surface area contributed by atoms with Crippen LogP contribution in [0.4, 0.5) is 0 Å². The molecule has 148 valence electrons. The van der Waals surface area contributed by atoms with Crippen LogP contribution >= 0.6 is 22.7 Å². The van der Waals surface area contributed by atoms with E-state index in [-0.39, 0.29) is 5.91 Å². The number of fused-ring (bicyclic) bond motifs is 1. The molecule has 1 fully saturated rings. The van der Waals surface area contributed by atoms with E-state index in [1.807, 2.05) is 41.4 Å². The number of carbonyl (C=O) groups is 1. The first-order chi connectivity index (χ1) is 14.2. The van der Waals surface area contributed by atoms with Gasteiger partial charge in [0.15, 0.2) is 0 Å². The van der Waals surface area contributed by atoms with Crippen LogP contribution in [-0.2, 0) is 0 Å². The van der Waals surface area contributed by atoms with Crippen LogP contribution in [0.15, 0.2) is 53.4 Å². The average Bonchev–Trinajstić information content (AvgIpc) is 3.46. The van der Waals surface area contributed by atoms with Crippen molar-refractivity contribution in [2.24, 2.45) is 0 Å². The summed E-state index contributed by atoms with van der Waals surface area (Å²) in [5.74, 6) is 0.115. The van der Waals surface area contributed by atoms with E-state index >= 15 is 0 Å². The highest BCUT2D eigenvalue weighted by Crippen LogP contribution is 2.33. The molecule has 4 aromatic heterocycles. The molecule has 0 atom stereocenters. The van der Waals surface area contributed by atoms with E-state index in [2.05, 4.69) is 33.2 Å². The van der Waals surface area contributed by atoms with E-state index in [0.29, 0.717) is 0 Å². The molecule has 0 spiro atoms. The van der Waals surface area contributed by atoms with Gasteiger partial charge in [0.25, 0.3) is 5.91 Å². The molecule has 1 saturated heterocycles. The molecule has 0 saturated carbocycles. The van der Waals surface area contributed by atoms with Crippen molar-refractivity contribution in [3.63, 3.8) is 0 Å². The van der Waals surface area contributed by atoms with Crippen LogP contribution in [0.25, 0.3) is 26.8 Å². The first kappa shape index (κ1) is 18.5. The Bertz CT molecular complexity index is 1140. The quantitative estimate of drug-likeness (QED) is 0.486. The van der Waals surface area contributed by atoms with Crippen molar-refractivity contribution in [3.05, 3.63) is 58.9 Å². The van der Waals surface area contributed by atoms with Gasteiger partial charge in [0.1, 0.15) is 5.01 Å². The zero-order valence-corrected chi connectivity index (χ0v) is 17.9. The normalized spacial score (nSPS) is 15.7. The van der Waals surface area contributed by atoms with E-state index in [9.17, 15) is 4.79 Å². The number of amides is 1. The van der Waals surface area contributed by atoms with E-state index < -0.39 is 0 Å². The van der Waals surface area contributed by atoms with Gasteiger partial charge >= 0.3 is 0 Å². The monoisotopic (exact) mass is 422 g/mol. The Morgan fingerprint density at radius 3 is 2.86 bits per heavy atom. The number of likely N-dealkylation sites (N-methyl/N-ethyl adjacent to an activating group) is 1. The van der Waals surface area contributed by atoms with Crippen molar-refractivity contribution in [1.29, 1.82) is 0 Å². The summed E-state index contributed by atoms with van der Waals surface area (Å²) in [6.45, 7) is 3.53. The van der Waals surface area contributed by atoms with Gasteiger partial charge in [-0.3, -0.25) is 4.79 Å². The minimum absolute atomic E-state index is 0.115. The van der Waals surface area contributed by atoms with Crippen molar-refractivity contribution in [2.45, 2.75) is 6.42 Å². The predicted molar refractivity (Wildman–Crippen MR) is 120 cm³/mol. The van der Waals surface area contributed by atoms with Crippen LogP contribution in [0.1, 0.15) is 16.8 Å². The van der Waals surface area contributed by atoms with E-state index in [4.69, 9.17) is 4.98 Å². The molecular formula is C22H22N4OS2. The molecule has 4 aromatic rings. The lowest BCUT2D eigenvalue weighted by Crippen LogP contribution is -2.34. The minimum atomic E-state index is 0.115. The van der Waals surface area contributed by atoms with Crippen LogP contribution in [-0.4, -0.2) is 58.3 Å². The first-order valence-corrected chi connectivity index (χ1v) is 11.5. The summed E-state index contributed by atoms with van der Waals surface area (Å²) >= 11 is 3.34. The second-order valence-electron chi connectivity index (χ2n) is 7.36. The molecule has 0 aromatic carbocycles. The lowest BCUT2D eigenvalue weighted by Gasteiger charge is -2.20. The molecule has 5 heterocycles. The van der Waals surface area contributed by atoms with Crippen molar-refractivity contribution in [1.82, 2.24) is 19.2 Å². The third-order valence-electron chi connectivity index (χ3n) is 5.41. The highest BCUT2D eigenvalue weighted by Gasteiger charge is 2.24. The van der Waals surface area contributed by atoms with Crippen LogP contribution in [0.5, 0.6) is 0 Å². The van der Waals surface area contributed by atoms with Gasteiger partial charge in [0.2, 0.25) is 0 Å². The molecule has 1 aliphatic heterocycles. The fraction of sp³-hybridized carbons (Fsp3) is 0.273. The SMILES string of the molecule is CN1CCCN(C(=O)c2cc(-c3csc(-c4cccs4)n3)n3ccccc23)CC1. The molecule has 5 nitrogen and oxygen atoms in total. The Balaban J connectivity index is 1.54. The number of rotatable bonds is 3. The fourth-order valence-corrected chi connectivity index (χ4v) is 5.47. The van der Waals surface area contributed by atoms with Crippen molar-refractivity contribution >= 4 is 34.1 Å². The number of carbonyl (C=O) groups excluding carboxylic acids is 1. The Kier molecular flexibility index (Phi) is 4.95. The fourth-order valence-electron chi connectivity index (χ4n) is 3.85. The molecule has 0 unspecified atom stereocenters. The highest BCUT2D eigenvalue weighted by molar-refractivity contribution is 7.20. The summed E-state index contributed by atoms with van der Waals surface area (Å²) in [7, 11) is 2.12. The van der Waals surface area contributed by atoms with E-state index in [0.717, 1.165) is 60.1 Å². The Labute approximate surface area is 177 Å². The van der Waals surface area contributed by atoms with Crippen molar-refractivity contribution in [3.8, 4) is 21.3 Å². The summed E-state index contributed by atoms with van der Waals surface area (Å²) in [6, 6.07) is 12.2. The third kappa shape index (κ3) is 3.50. The maximum atomic E-state index is 13.4. The summed E-state index contributed by atoms with van der Waals surface area (Å²) in [6.07, 6.45) is 3.03. The maximum absolute atomic E-state index is 13.4. The number of thiophene rings is 1. The second kappa shape index (κ2) is 7.74. The minimum Gasteiger partial charge on any atom is -0.337 e. The number of thiazole rings is 1. The maximum Gasteiger partial charge on any atom is 0.256 e. The molecule has 0 bridgehead atoms. The van der Waals surface area contributed by atoms with E-state index in [1.54, 1.807) is 22.7 Å². The van der Waals surface area contributed by atoms with Crippen molar-refractivity contribution in [2.75, 3.05) is 33.2 Å². The van der Waals surface area contributed by atoms with Gasteiger partial charge in [-0.1, -0.05) is 12.1 Å². The van der Waals surface area contributed by atoms with Gasteiger partial charge in [-0.15, -0.1) is 22.7 Å². The Hall–Kier alpha value is -2.48. The predicted octanol–water partition coefficient (Wildman–Crippen LogP) is 4.57. The molecule has 1 amide bonds. The van der Waals surface area contributed by atoms with Crippen LogP contribution < -0.4 is 0 Å². The summed E-state index contributed by atoms with van der Waals surface area (Å²) < 4.78 is 2.09. The molecule has 0 N–H and O–H groups in total. The number of pyridine rings is 1. The standard InChI is InChI=1S/C22H22N4OS2/c1-24-8-5-9-25(12-11-24)22(27)16-14-19(26-10-3-2-6-18(16)26)17-15-29-21(23-17)20-7-4-13-28-20/h2-4,6-7,10,13-15H,5,8-9,11-12H2,1H3. The van der Waals surface area contributed by atoms with Gasteiger partial charge in [0.05, 0.1) is 27.3 Å². The number of aromatic nitrogens is 2.